The first-order chi connectivity index (χ1) is 8.22. The van der Waals surface area contributed by atoms with Gasteiger partial charge in [0.2, 0.25) is 5.90 Å². The molecular weight excluding hydrogens is 224 g/mol. The minimum Gasteiger partial charge on any atom is -0.469 e. The average Bonchev–Trinajstić information content (AvgIpc) is 2.65. The number of hydrogen-bond acceptors (Lipinski definition) is 6. The molecular formula is C11H14N2O4. The van der Waals surface area contributed by atoms with Crippen LogP contribution in [-0.2, 0) is 4.74 Å². The number of nitrogens with one attached hydrogen (secondary N) is 1. The van der Waals surface area contributed by atoms with Gasteiger partial charge in [0.05, 0.1) is 12.3 Å². The summed E-state index contributed by atoms with van der Waals surface area (Å²) in [6.45, 7) is -0.372. The largest absolute Gasteiger partial charge is 0.469 e. The molecule has 6 nitrogen and oxygen atoms in total. The lowest BCUT2D eigenvalue weighted by Gasteiger charge is -2.08. The van der Waals surface area contributed by atoms with Crippen molar-refractivity contribution in [3.05, 3.63) is 30.3 Å². The van der Waals surface area contributed by atoms with Crippen LogP contribution in [0.1, 0.15) is 0 Å². The van der Waals surface area contributed by atoms with Crippen molar-refractivity contribution in [1.29, 1.82) is 0 Å². The summed E-state index contributed by atoms with van der Waals surface area (Å²) in [4.78, 5) is 0. The Labute approximate surface area is 98.2 Å². The molecule has 0 spiro atoms. The summed E-state index contributed by atoms with van der Waals surface area (Å²) in [7, 11) is 0. The average molecular weight is 238 g/mol. The Morgan fingerprint density at radius 1 is 1.24 bits per heavy atom. The Morgan fingerprint density at radius 3 is 2.53 bits per heavy atom. The van der Waals surface area contributed by atoms with Gasteiger partial charge in [-0.2, -0.15) is 0 Å². The molecule has 0 aromatic heterocycles. The number of aliphatic hydroxyl groups excluding tert-OH is 3. The Hall–Kier alpha value is -1.63. The lowest BCUT2D eigenvalue weighted by atomic mass is 10.1. The minimum absolute atomic E-state index is 0.0274. The van der Waals surface area contributed by atoms with Crippen molar-refractivity contribution in [1.82, 2.24) is 0 Å². The first kappa shape index (κ1) is 11.8. The standard InChI is InChI=1S/C11H14N2O4/c14-6-8-9(15)10(16)11(17-8)13-12-7-4-2-1-3-5-7/h1-5,8-10,12,14-16H,6H2/b13-11-/t8-,9-,10+/m0/s1. The predicted octanol–water partition coefficient (Wildman–Crippen LogP) is -0.475. The lowest BCUT2D eigenvalue weighted by molar-refractivity contribution is -0.00132. The van der Waals surface area contributed by atoms with E-state index in [0.717, 1.165) is 5.69 Å². The quantitative estimate of drug-likeness (QED) is 0.534. The number of rotatable bonds is 3. The van der Waals surface area contributed by atoms with E-state index < -0.39 is 18.3 Å². The van der Waals surface area contributed by atoms with Crippen LogP contribution in [0.4, 0.5) is 5.69 Å². The topological polar surface area (TPSA) is 94.3 Å². The number of anilines is 1. The number of ether oxygens (including phenoxy) is 1. The molecule has 1 fully saturated rings. The van der Waals surface area contributed by atoms with E-state index in [0.29, 0.717) is 0 Å². The molecule has 1 saturated heterocycles. The van der Waals surface area contributed by atoms with Crippen molar-refractivity contribution in [2.45, 2.75) is 18.3 Å². The second kappa shape index (κ2) is 5.13. The van der Waals surface area contributed by atoms with E-state index in [4.69, 9.17) is 9.84 Å². The van der Waals surface area contributed by atoms with Gasteiger partial charge in [-0.05, 0) is 12.1 Å². The molecule has 2 rings (SSSR count). The van der Waals surface area contributed by atoms with Gasteiger partial charge in [-0.15, -0.1) is 5.10 Å². The van der Waals surface area contributed by atoms with Crippen molar-refractivity contribution in [3.63, 3.8) is 0 Å². The number of hydrazone groups is 1. The Kier molecular flexibility index (Phi) is 3.58. The molecule has 92 valence electrons. The predicted molar refractivity (Wildman–Crippen MR) is 61.5 cm³/mol. The van der Waals surface area contributed by atoms with Crippen LogP contribution in [0.25, 0.3) is 0 Å². The van der Waals surface area contributed by atoms with E-state index in [1.807, 2.05) is 18.2 Å². The summed E-state index contributed by atoms with van der Waals surface area (Å²) in [5, 5.41) is 31.8. The first-order valence-corrected chi connectivity index (χ1v) is 5.24. The highest BCUT2D eigenvalue weighted by molar-refractivity contribution is 5.84. The van der Waals surface area contributed by atoms with E-state index in [1.54, 1.807) is 12.1 Å². The molecule has 0 radical (unpaired) electrons. The molecule has 6 heteroatoms. The van der Waals surface area contributed by atoms with Crippen LogP contribution in [0.15, 0.2) is 35.4 Å². The minimum atomic E-state index is -1.22. The van der Waals surface area contributed by atoms with Crippen molar-refractivity contribution in [2.75, 3.05) is 12.0 Å². The highest BCUT2D eigenvalue weighted by Gasteiger charge is 2.40. The molecule has 1 aliphatic heterocycles. The Balaban J connectivity index is 2.03. The number of para-hydroxylation sites is 1. The highest BCUT2D eigenvalue weighted by Crippen LogP contribution is 2.17. The highest BCUT2D eigenvalue weighted by atomic mass is 16.6. The van der Waals surface area contributed by atoms with Crippen LogP contribution in [-0.4, -0.2) is 46.1 Å². The zero-order chi connectivity index (χ0) is 12.3. The van der Waals surface area contributed by atoms with E-state index >= 15 is 0 Å². The summed E-state index contributed by atoms with van der Waals surface area (Å²) in [5.74, 6) is -0.0274. The Morgan fingerprint density at radius 2 is 1.94 bits per heavy atom. The lowest BCUT2D eigenvalue weighted by Crippen LogP contribution is -2.32. The third-order valence-corrected chi connectivity index (χ3v) is 2.48. The SMILES string of the molecule is OC[C@@H]1O/C(=N\Nc2ccccc2)[C@H](O)[C@H]1O. The molecule has 17 heavy (non-hydrogen) atoms. The van der Waals surface area contributed by atoms with Crippen LogP contribution in [0.2, 0.25) is 0 Å². The second-order valence-corrected chi connectivity index (χ2v) is 3.70. The van der Waals surface area contributed by atoms with Crippen LogP contribution >= 0.6 is 0 Å². The van der Waals surface area contributed by atoms with Gasteiger partial charge in [-0.25, -0.2) is 0 Å². The van der Waals surface area contributed by atoms with Gasteiger partial charge >= 0.3 is 0 Å². The molecule has 0 aliphatic carbocycles. The summed E-state index contributed by atoms with van der Waals surface area (Å²) in [6.07, 6.45) is -3.21. The van der Waals surface area contributed by atoms with E-state index in [1.165, 1.54) is 0 Å². The van der Waals surface area contributed by atoms with Crippen LogP contribution < -0.4 is 5.43 Å². The Bertz CT molecular complexity index is 396. The summed E-state index contributed by atoms with van der Waals surface area (Å²) < 4.78 is 5.09. The molecule has 1 aliphatic rings. The van der Waals surface area contributed by atoms with Crippen molar-refractivity contribution >= 4 is 11.6 Å². The summed E-state index contributed by atoms with van der Waals surface area (Å²) >= 11 is 0. The van der Waals surface area contributed by atoms with Crippen LogP contribution in [0.3, 0.4) is 0 Å². The number of benzene rings is 1. The maximum Gasteiger partial charge on any atom is 0.238 e. The monoisotopic (exact) mass is 238 g/mol. The van der Waals surface area contributed by atoms with E-state index in [-0.39, 0.29) is 12.5 Å². The van der Waals surface area contributed by atoms with Crippen molar-refractivity contribution in [3.8, 4) is 0 Å². The smallest absolute Gasteiger partial charge is 0.238 e. The number of hydrogen-bond donors (Lipinski definition) is 4. The molecule has 3 atom stereocenters. The molecule has 0 bridgehead atoms. The molecule has 0 amide bonds. The fourth-order valence-corrected chi connectivity index (χ4v) is 1.51. The summed E-state index contributed by atoms with van der Waals surface area (Å²) in [6, 6.07) is 9.13. The van der Waals surface area contributed by atoms with Gasteiger partial charge in [-0.3, -0.25) is 5.43 Å². The molecule has 0 saturated carbocycles. The molecule has 0 unspecified atom stereocenters. The number of aliphatic hydroxyl groups is 3. The van der Waals surface area contributed by atoms with Gasteiger partial charge in [0.25, 0.3) is 0 Å². The van der Waals surface area contributed by atoms with Gasteiger partial charge in [0.1, 0.15) is 6.10 Å². The third-order valence-electron chi connectivity index (χ3n) is 2.48. The molecule has 1 aromatic carbocycles. The zero-order valence-electron chi connectivity index (χ0n) is 9.02. The molecule has 4 N–H and O–H groups in total. The molecule has 1 heterocycles. The van der Waals surface area contributed by atoms with Crippen LogP contribution in [0.5, 0.6) is 0 Å². The van der Waals surface area contributed by atoms with Gasteiger partial charge in [0, 0.05) is 0 Å². The molecule has 1 aromatic rings. The fraction of sp³-hybridized carbons (Fsp3) is 0.364. The summed E-state index contributed by atoms with van der Waals surface area (Å²) in [5.41, 5.74) is 3.43. The van der Waals surface area contributed by atoms with Crippen molar-refractivity contribution < 1.29 is 20.1 Å². The van der Waals surface area contributed by atoms with Gasteiger partial charge in [0.15, 0.2) is 12.2 Å². The normalized spacial score (nSPS) is 30.3. The van der Waals surface area contributed by atoms with Gasteiger partial charge < -0.3 is 20.1 Å². The van der Waals surface area contributed by atoms with E-state index in [9.17, 15) is 10.2 Å². The second-order valence-electron chi connectivity index (χ2n) is 3.70. The fourth-order valence-electron chi connectivity index (χ4n) is 1.51. The van der Waals surface area contributed by atoms with Crippen molar-refractivity contribution in [2.24, 2.45) is 5.10 Å². The zero-order valence-corrected chi connectivity index (χ0v) is 9.02. The maximum absolute atomic E-state index is 9.58. The first-order valence-electron chi connectivity index (χ1n) is 5.24. The number of nitrogens with zero attached hydrogens (tertiary/aromatic N) is 1. The maximum atomic E-state index is 9.58. The van der Waals surface area contributed by atoms with Crippen LogP contribution in [0, 0.1) is 0 Å². The van der Waals surface area contributed by atoms with Gasteiger partial charge in [-0.1, -0.05) is 18.2 Å². The van der Waals surface area contributed by atoms with E-state index in [2.05, 4.69) is 10.5 Å². The third kappa shape index (κ3) is 2.55.